The summed E-state index contributed by atoms with van der Waals surface area (Å²) in [6.07, 6.45) is 0. The SMILES string of the molecule is CCOc1cc(CNc2ccc(NC(C)=O)cc2)c(Br)cc1OCc1ccc(C)cc1. The van der Waals surface area contributed by atoms with E-state index in [9.17, 15) is 4.79 Å². The van der Waals surface area contributed by atoms with Crippen LogP contribution in [0.3, 0.4) is 0 Å². The van der Waals surface area contributed by atoms with Crippen molar-refractivity contribution in [2.24, 2.45) is 0 Å². The van der Waals surface area contributed by atoms with Crippen LogP contribution in [0.4, 0.5) is 11.4 Å². The summed E-state index contributed by atoms with van der Waals surface area (Å²) < 4.78 is 12.8. The topological polar surface area (TPSA) is 59.6 Å². The van der Waals surface area contributed by atoms with Crippen molar-refractivity contribution in [3.8, 4) is 11.5 Å². The van der Waals surface area contributed by atoms with Gasteiger partial charge in [-0.3, -0.25) is 4.79 Å². The van der Waals surface area contributed by atoms with Gasteiger partial charge in [0.2, 0.25) is 5.91 Å². The lowest BCUT2D eigenvalue weighted by atomic mass is 10.1. The van der Waals surface area contributed by atoms with E-state index >= 15 is 0 Å². The molecule has 0 radical (unpaired) electrons. The predicted molar refractivity (Wildman–Crippen MR) is 129 cm³/mol. The predicted octanol–water partition coefficient (Wildman–Crippen LogP) is 6.31. The zero-order valence-electron chi connectivity index (χ0n) is 18.0. The molecule has 3 aromatic rings. The number of hydrogen-bond acceptors (Lipinski definition) is 4. The number of benzene rings is 3. The van der Waals surface area contributed by atoms with Crippen molar-refractivity contribution in [2.75, 3.05) is 17.2 Å². The van der Waals surface area contributed by atoms with E-state index in [1.807, 2.05) is 43.3 Å². The van der Waals surface area contributed by atoms with E-state index in [1.54, 1.807) is 0 Å². The fourth-order valence-electron chi connectivity index (χ4n) is 3.01. The van der Waals surface area contributed by atoms with Crippen LogP contribution in [-0.2, 0) is 17.9 Å². The van der Waals surface area contributed by atoms with E-state index in [-0.39, 0.29) is 5.91 Å². The van der Waals surface area contributed by atoms with Gasteiger partial charge in [0.05, 0.1) is 6.61 Å². The number of anilines is 2. The van der Waals surface area contributed by atoms with E-state index in [0.717, 1.165) is 32.7 Å². The normalized spacial score (nSPS) is 10.5. The van der Waals surface area contributed by atoms with Gasteiger partial charge in [-0.15, -0.1) is 0 Å². The van der Waals surface area contributed by atoms with Gasteiger partial charge >= 0.3 is 0 Å². The molecule has 0 aromatic heterocycles. The molecule has 0 heterocycles. The molecule has 3 aromatic carbocycles. The molecular weight excluding hydrogens is 456 g/mol. The highest BCUT2D eigenvalue weighted by molar-refractivity contribution is 9.10. The number of rotatable bonds is 9. The number of halogens is 1. The van der Waals surface area contributed by atoms with Crippen LogP contribution in [0.1, 0.15) is 30.5 Å². The van der Waals surface area contributed by atoms with Crippen molar-refractivity contribution < 1.29 is 14.3 Å². The zero-order valence-corrected chi connectivity index (χ0v) is 19.6. The molecule has 0 fully saturated rings. The minimum atomic E-state index is -0.0854. The van der Waals surface area contributed by atoms with Crippen molar-refractivity contribution in [1.29, 1.82) is 0 Å². The Balaban J connectivity index is 1.68. The largest absolute Gasteiger partial charge is 0.490 e. The molecule has 0 bridgehead atoms. The Morgan fingerprint density at radius 3 is 2.23 bits per heavy atom. The number of hydrogen-bond donors (Lipinski definition) is 2. The quantitative estimate of drug-likeness (QED) is 0.375. The maximum absolute atomic E-state index is 11.1. The Hall–Kier alpha value is -2.99. The van der Waals surface area contributed by atoms with Gasteiger partial charge in [-0.25, -0.2) is 0 Å². The molecule has 0 aliphatic heterocycles. The summed E-state index contributed by atoms with van der Waals surface area (Å²) in [5.41, 5.74) is 5.12. The highest BCUT2D eigenvalue weighted by atomic mass is 79.9. The van der Waals surface area contributed by atoms with Crippen molar-refractivity contribution in [2.45, 2.75) is 33.9 Å². The minimum Gasteiger partial charge on any atom is -0.490 e. The van der Waals surface area contributed by atoms with Crippen molar-refractivity contribution in [3.63, 3.8) is 0 Å². The molecule has 5 nitrogen and oxygen atoms in total. The molecule has 0 aliphatic carbocycles. The molecule has 2 N–H and O–H groups in total. The molecule has 0 saturated carbocycles. The Morgan fingerprint density at radius 1 is 0.935 bits per heavy atom. The second-order valence-corrected chi connectivity index (χ2v) is 8.06. The van der Waals surface area contributed by atoms with Crippen LogP contribution in [0.5, 0.6) is 11.5 Å². The van der Waals surface area contributed by atoms with Crippen LogP contribution < -0.4 is 20.1 Å². The van der Waals surface area contributed by atoms with Crippen LogP contribution in [0, 0.1) is 6.92 Å². The third kappa shape index (κ3) is 6.76. The van der Waals surface area contributed by atoms with Gasteiger partial charge in [-0.1, -0.05) is 45.8 Å². The van der Waals surface area contributed by atoms with Crippen LogP contribution in [0.15, 0.2) is 65.1 Å². The maximum atomic E-state index is 11.1. The van der Waals surface area contributed by atoms with E-state index in [1.165, 1.54) is 12.5 Å². The van der Waals surface area contributed by atoms with Gasteiger partial charge in [0, 0.05) is 29.3 Å². The molecule has 1 amide bonds. The molecule has 6 heteroatoms. The molecule has 31 heavy (non-hydrogen) atoms. The smallest absolute Gasteiger partial charge is 0.221 e. The summed E-state index contributed by atoms with van der Waals surface area (Å²) in [7, 11) is 0. The standard InChI is InChI=1S/C25H27BrN2O3/c1-4-30-24-13-20(15-27-21-9-11-22(12-10-21)28-18(3)29)23(26)14-25(24)31-16-19-7-5-17(2)6-8-19/h5-14,27H,4,15-16H2,1-3H3,(H,28,29). The first-order valence-corrected chi connectivity index (χ1v) is 11.0. The van der Waals surface area contributed by atoms with Crippen molar-refractivity contribution >= 4 is 33.2 Å². The lowest BCUT2D eigenvalue weighted by Crippen LogP contribution is -2.06. The summed E-state index contributed by atoms with van der Waals surface area (Å²) in [6, 6.07) is 19.8. The first kappa shape index (κ1) is 22.7. The summed E-state index contributed by atoms with van der Waals surface area (Å²) >= 11 is 3.66. The summed E-state index contributed by atoms with van der Waals surface area (Å²) in [6.45, 7) is 7.16. The molecule has 0 unspecified atom stereocenters. The first-order valence-electron chi connectivity index (χ1n) is 10.2. The van der Waals surface area contributed by atoms with Crippen LogP contribution in [-0.4, -0.2) is 12.5 Å². The van der Waals surface area contributed by atoms with Gasteiger partial charge in [-0.05, 0) is 61.4 Å². The molecule has 0 atom stereocenters. The zero-order chi connectivity index (χ0) is 22.2. The monoisotopic (exact) mass is 482 g/mol. The summed E-state index contributed by atoms with van der Waals surface area (Å²) in [4.78, 5) is 11.1. The Bertz CT molecular complexity index is 1020. The molecule has 0 saturated heterocycles. The van der Waals surface area contributed by atoms with E-state index in [0.29, 0.717) is 25.5 Å². The fourth-order valence-corrected chi connectivity index (χ4v) is 3.47. The number of carbonyl (C=O) groups is 1. The molecular formula is C25H27BrN2O3. The van der Waals surface area contributed by atoms with Gasteiger partial charge in [0.25, 0.3) is 0 Å². The van der Waals surface area contributed by atoms with Crippen LogP contribution in [0.25, 0.3) is 0 Å². The minimum absolute atomic E-state index is 0.0854. The highest BCUT2D eigenvalue weighted by Gasteiger charge is 2.11. The number of carbonyl (C=O) groups excluding carboxylic acids is 1. The Morgan fingerprint density at radius 2 is 1.58 bits per heavy atom. The van der Waals surface area contributed by atoms with Gasteiger partial charge in [0.1, 0.15) is 6.61 Å². The third-order valence-electron chi connectivity index (χ3n) is 4.62. The first-order chi connectivity index (χ1) is 14.9. The number of ether oxygens (including phenoxy) is 2. The second kappa shape index (κ2) is 10.9. The number of amides is 1. The van der Waals surface area contributed by atoms with Crippen LogP contribution in [0.2, 0.25) is 0 Å². The van der Waals surface area contributed by atoms with Crippen molar-refractivity contribution in [3.05, 3.63) is 81.8 Å². The number of nitrogens with one attached hydrogen (secondary N) is 2. The Labute approximate surface area is 191 Å². The summed E-state index contributed by atoms with van der Waals surface area (Å²) in [5, 5.41) is 6.16. The fraction of sp³-hybridized carbons (Fsp3) is 0.240. The number of aryl methyl sites for hydroxylation is 1. The molecule has 0 aliphatic rings. The van der Waals surface area contributed by atoms with E-state index in [4.69, 9.17) is 9.47 Å². The van der Waals surface area contributed by atoms with Gasteiger partial charge < -0.3 is 20.1 Å². The van der Waals surface area contributed by atoms with Gasteiger partial charge in [-0.2, -0.15) is 0 Å². The van der Waals surface area contributed by atoms with E-state index in [2.05, 4.69) is 57.8 Å². The average molecular weight is 483 g/mol. The van der Waals surface area contributed by atoms with Gasteiger partial charge in [0.15, 0.2) is 11.5 Å². The lowest BCUT2D eigenvalue weighted by molar-refractivity contribution is -0.114. The third-order valence-corrected chi connectivity index (χ3v) is 5.35. The molecule has 162 valence electrons. The molecule has 0 spiro atoms. The highest BCUT2D eigenvalue weighted by Crippen LogP contribution is 2.35. The molecule has 3 rings (SSSR count). The maximum Gasteiger partial charge on any atom is 0.221 e. The second-order valence-electron chi connectivity index (χ2n) is 7.21. The lowest BCUT2D eigenvalue weighted by Gasteiger charge is -2.16. The van der Waals surface area contributed by atoms with Crippen molar-refractivity contribution in [1.82, 2.24) is 0 Å². The van der Waals surface area contributed by atoms with Crippen LogP contribution >= 0.6 is 15.9 Å². The van der Waals surface area contributed by atoms with E-state index < -0.39 is 0 Å². The average Bonchev–Trinajstić information content (AvgIpc) is 2.74. The summed E-state index contributed by atoms with van der Waals surface area (Å²) in [5.74, 6) is 1.34. The Kier molecular flexibility index (Phi) is 7.95.